The molecule has 0 bridgehead atoms. The molecule has 0 unspecified atom stereocenters. The van der Waals surface area contributed by atoms with E-state index in [0.717, 1.165) is 0 Å². The van der Waals surface area contributed by atoms with Crippen LogP contribution < -0.4 is 4.72 Å². The second-order valence-electron chi connectivity index (χ2n) is 4.46. The van der Waals surface area contributed by atoms with Crippen molar-refractivity contribution in [3.63, 3.8) is 0 Å². The molecule has 1 rings (SSSR count). The Morgan fingerprint density at radius 1 is 1.45 bits per heavy atom. The number of nitrogens with one attached hydrogen (secondary N) is 1. The van der Waals surface area contributed by atoms with Crippen LogP contribution in [-0.2, 0) is 14.8 Å². The first-order valence-corrected chi connectivity index (χ1v) is 7.61. The van der Waals surface area contributed by atoms with Crippen LogP contribution in [0.25, 0.3) is 0 Å². The third-order valence-corrected chi connectivity index (χ3v) is 4.46. The van der Waals surface area contributed by atoms with Gasteiger partial charge in [0.25, 0.3) is 5.91 Å². The van der Waals surface area contributed by atoms with Gasteiger partial charge in [0.2, 0.25) is 10.0 Å². The Kier molecular flexibility index (Phi) is 5.67. The van der Waals surface area contributed by atoms with Crippen molar-refractivity contribution in [2.75, 3.05) is 27.8 Å². The molecular formula is C13H20N2O4S. The Morgan fingerprint density at radius 2 is 2.10 bits per heavy atom. The summed E-state index contributed by atoms with van der Waals surface area (Å²) >= 11 is 0. The van der Waals surface area contributed by atoms with Crippen molar-refractivity contribution < 1.29 is 17.9 Å². The molecule has 6 nitrogen and oxygen atoms in total. The standard InChI is InChI=1S/C13H20N2O4S/c1-10(9-19-4)15(3)13(16)11-6-5-7-12(8-11)20(17,18)14-2/h5-8,10,14H,9H2,1-4H3/t10-/m1/s1. The zero-order chi connectivity index (χ0) is 15.3. The van der Waals surface area contributed by atoms with Crippen LogP contribution in [0.15, 0.2) is 29.2 Å². The highest BCUT2D eigenvalue weighted by atomic mass is 32.2. The van der Waals surface area contributed by atoms with Gasteiger partial charge >= 0.3 is 0 Å². The first-order valence-electron chi connectivity index (χ1n) is 6.13. The highest BCUT2D eigenvalue weighted by Gasteiger charge is 2.19. The summed E-state index contributed by atoms with van der Waals surface area (Å²) in [5.41, 5.74) is 0.326. The van der Waals surface area contributed by atoms with Crippen LogP contribution in [0.1, 0.15) is 17.3 Å². The van der Waals surface area contributed by atoms with Crippen LogP contribution in [0, 0.1) is 0 Å². The predicted octanol–water partition coefficient (Wildman–Crippen LogP) is 0.702. The molecule has 0 radical (unpaired) electrons. The summed E-state index contributed by atoms with van der Waals surface area (Å²) in [4.78, 5) is 13.9. The van der Waals surface area contributed by atoms with Crippen molar-refractivity contribution in [1.29, 1.82) is 0 Å². The Balaban J connectivity index is 3.03. The van der Waals surface area contributed by atoms with E-state index in [1.807, 2.05) is 6.92 Å². The Morgan fingerprint density at radius 3 is 2.65 bits per heavy atom. The first kappa shape index (κ1) is 16.6. The monoisotopic (exact) mass is 300 g/mol. The van der Waals surface area contributed by atoms with Crippen molar-refractivity contribution in [2.24, 2.45) is 0 Å². The fourth-order valence-electron chi connectivity index (χ4n) is 1.67. The average molecular weight is 300 g/mol. The molecule has 1 aromatic rings. The van der Waals surface area contributed by atoms with Gasteiger partial charge in [0.1, 0.15) is 0 Å². The Labute approximate surface area is 119 Å². The number of nitrogens with zero attached hydrogens (tertiary/aromatic N) is 1. The molecule has 0 spiro atoms. The van der Waals surface area contributed by atoms with Crippen molar-refractivity contribution in [1.82, 2.24) is 9.62 Å². The van der Waals surface area contributed by atoms with E-state index in [4.69, 9.17) is 4.74 Å². The van der Waals surface area contributed by atoms with Crippen LogP contribution >= 0.6 is 0 Å². The lowest BCUT2D eigenvalue weighted by Crippen LogP contribution is -2.37. The number of hydrogen-bond donors (Lipinski definition) is 1. The molecule has 112 valence electrons. The number of methoxy groups -OCH3 is 1. The summed E-state index contributed by atoms with van der Waals surface area (Å²) in [6.45, 7) is 2.27. The van der Waals surface area contributed by atoms with E-state index < -0.39 is 10.0 Å². The maximum Gasteiger partial charge on any atom is 0.253 e. The number of benzene rings is 1. The van der Waals surface area contributed by atoms with Gasteiger partial charge in [0.05, 0.1) is 17.5 Å². The summed E-state index contributed by atoms with van der Waals surface area (Å²) in [6, 6.07) is 5.85. The van der Waals surface area contributed by atoms with Gasteiger partial charge in [-0.15, -0.1) is 0 Å². The van der Waals surface area contributed by atoms with Gasteiger partial charge < -0.3 is 9.64 Å². The van der Waals surface area contributed by atoms with Crippen molar-refractivity contribution in [3.05, 3.63) is 29.8 Å². The van der Waals surface area contributed by atoms with Crippen molar-refractivity contribution >= 4 is 15.9 Å². The number of hydrogen-bond acceptors (Lipinski definition) is 4. The minimum Gasteiger partial charge on any atom is -0.383 e. The largest absolute Gasteiger partial charge is 0.383 e. The highest BCUT2D eigenvalue weighted by molar-refractivity contribution is 7.89. The van der Waals surface area contributed by atoms with Gasteiger partial charge in [-0.05, 0) is 32.2 Å². The smallest absolute Gasteiger partial charge is 0.253 e. The molecule has 0 aliphatic heterocycles. The first-order chi connectivity index (χ1) is 9.33. The molecule has 7 heteroatoms. The highest BCUT2D eigenvalue weighted by Crippen LogP contribution is 2.13. The molecule has 1 aromatic carbocycles. The molecule has 0 saturated carbocycles. The molecular weight excluding hydrogens is 280 g/mol. The van der Waals surface area contributed by atoms with Gasteiger partial charge in [0, 0.05) is 19.7 Å². The summed E-state index contributed by atoms with van der Waals surface area (Å²) in [7, 11) is 0.997. The minimum atomic E-state index is -3.56. The molecule has 1 N–H and O–H groups in total. The molecule has 0 aliphatic rings. The normalized spacial score (nSPS) is 13.0. The summed E-state index contributed by atoms with van der Waals surface area (Å²) in [6.07, 6.45) is 0. The number of carbonyl (C=O) groups excluding carboxylic acids is 1. The zero-order valence-electron chi connectivity index (χ0n) is 12.1. The van der Waals surface area contributed by atoms with E-state index >= 15 is 0 Å². The van der Waals surface area contributed by atoms with Crippen molar-refractivity contribution in [2.45, 2.75) is 17.9 Å². The predicted molar refractivity (Wildman–Crippen MR) is 76.1 cm³/mol. The molecule has 1 amide bonds. The van der Waals surface area contributed by atoms with E-state index in [1.54, 1.807) is 26.3 Å². The number of ether oxygens (including phenoxy) is 1. The number of likely N-dealkylation sites (N-methyl/N-ethyl adjacent to an activating group) is 1. The third-order valence-electron chi connectivity index (χ3n) is 3.05. The lowest BCUT2D eigenvalue weighted by Gasteiger charge is -2.24. The van der Waals surface area contributed by atoms with Crippen LogP contribution in [0.2, 0.25) is 0 Å². The molecule has 20 heavy (non-hydrogen) atoms. The summed E-state index contributed by atoms with van der Waals surface area (Å²) in [5, 5.41) is 0. The summed E-state index contributed by atoms with van der Waals surface area (Å²) in [5.74, 6) is -0.247. The quantitative estimate of drug-likeness (QED) is 0.839. The lowest BCUT2D eigenvalue weighted by molar-refractivity contribution is 0.0633. The fourth-order valence-corrected chi connectivity index (χ4v) is 2.45. The summed E-state index contributed by atoms with van der Waals surface area (Å²) < 4.78 is 30.7. The molecule has 0 heterocycles. The number of sulfonamides is 1. The lowest BCUT2D eigenvalue weighted by atomic mass is 10.2. The Hall–Kier alpha value is -1.44. The van der Waals surface area contributed by atoms with Crippen molar-refractivity contribution in [3.8, 4) is 0 Å². The van der Waals surface area contributed by atoms with E-state index in [-0.39, 0.29) is 16.8 Å². The van der Waals surface area contributed by atoms with E-state index in [1.165, 1.54) is 24.1 Å². The van der Waals surface area contributed by atoms with Crippen LogP contribution in [0.5, 0.6) is 0 Å². The van der Waals surface area contributed by atoms with Crippen LogP contribution in [0.4, 0.5) is 0 Å². The fraction of sp³-hybridized carbons (Fsp3) is 0.462. The zero-order valence-corrected chi connectivity index (χ0v) is 12.9. The van der Waals surface area contributed by atoms with Gasteiger partial charge in [-0.2, -0.15) is 0 Å². The van der Waals surface area contributed by atoms with E-state index in [0.29, 0.717) is 12.2 Å². The van der Waals surface area contributed by atoms with Gasteiger partial charge in [-0.1, -0.05) is 6.07 Å². The molecule has 0 fully saturated rings. The van der Waals surface area contributed by atoms with Crippen LogP contribution in [-0.4, -0.2) is 53.1 Å². The third kappa shape index (κ3) is 3.78. The van der Waals surface area contributed by atoms with E-state index in [2.05, 4.69) is 4.72 Å². The topological polar surface area (TPSA) is 75.7 Å². The van der Waals surface area contributed by atoms with Gasteiger partial charge in [0.15, 0.2) is 0 Å². The average Bonchev–Trinajstić information content (AvgIpc) is 2.46. The maximum atomic E-state index is 12.3. The Bertz CT molecular complexity index is 571. The van der Waals surface area contributed by atoms with Gasteiger partial charge in [-0.25, -0.2) is 13.1 Å². The molecule has 0 aliphatic carbocycles. The number of rotatable bonds is 6. The van der Waals surface area contributed by atoms with E-state index in [9.17, 15) is 13.2 Å². The van der Waals surface area contributed by atoms with Gasteiger partial charge in [-0.3, -0.25) is 4.79 Å². The second-order valence-corrected chi connectivity index (χ2v) is 6.34. The molecule has 0 aromatic heterocycles. The minimum absolute atomic E-state index is 0.0682. The second kappa shape index (κ2) is 6.83. The SMILES string of the molecule is CNS(=O)(=O)c1cccc(C(=O)N(C)[C@H](C)COC)c1. The molecule has 0 saturated heterocycles. The maximum absolute atomic E-state index is 12.3. The molecule has 1 atom stereocenters. The number of carbonyl (C=O) groups is 1. The van der Waals surface area contributed by atoms with Crippen LogP contribution in [0.3, 0.4) is 0 Å². The number of amides is 1.